The zero-order valence-electron chi connectivity index (χ0n) is 32.8. The molecule has 3 amide bonds. The monoisotopic (exact) mass is 761 g/mol. The van der Waals surface area contributed by atoms with Crippen LogP contribution in [0.25, 0.3) is 44.5 Å². The van der Waals surface area contributed by atoms with E-state index in [1.165, 1.54) is 14.2 Å². The number of imidazole rings is 2. The highest BCUT2D eigenvalue weighted by molar-refractivity contribution is 6.04. The number of hydrogen-bond acceptors (Lipinski definition) is 8. The normalized spacial score (nSPS) is 19.8. The number of aromatic amines is 3. The van der Waals surface area contributed by atoms with E-state index in [1.54, 1.807) is 4.90 Å². The zero-order chi connectivity index (χ0) is 39.6. The van der Waals surface area contributed by atoms with Gasteiger partial charge in [-0.2, -0.15) is 0 Å². The van der Waals surface area contributed by atoms with Gasteiger partial charge in [-0.1, -0.05) is 43.3 Å². The molecule has 0 radical (unpaired) electrons. The summed E-state index contributed by atoms with van der Waals surface area (Å²) in [6.07, 6.45) is 9.57. The van der Waals surface area contributed by atoms with Gasteiger partial charge >= 0.3 is 6.09 Å². The van der Waals surface area contributed by atoms with E-state index in [9.17, 15) is 14.4 Å². The summed E-state index contributed by atoms with van der Waals surface area (Å²) in [7, 11) is 2.80. The number of piperidine rings is 2. The zero-order valence-corrected chi connectivity index (χ0v) is 32.8. The van der Waals surface area contributed by atoms with Crippen LogP contribution < -0.4 is 10.6 Å². The number of H-pyrrole nitrogens is 3. The minimum atomic E-state index is -0.634. The number of hydrogen-bond donors (Lipinski definition) is 5. The summed E-state index contributed by atoms with van der Waals surface area (Å²) in [5.74, 6) is 1.99. The van der Waals surface area contributed by atoms with Gasteiger partial charge in [0.2, 0.25) is 11.8 Å². The number of aryl methyl sites for hydroxylation is 1. The number of methoxy groups -OCH3 is 2. The number of nitrogens with one attached hydrogen (secondary N) is 5. The van der Waals surface area contributed by atoms with E-state index >= 15 is 0 Å². The van der Waals surface area contributed by atoms with Crippen molar-refractivity contribution in [3.63, 3.8) is 0 Å². The first kappa shape index (κ1) is 38.2. The van der Waals surface area contributed by atoms with Gasteiger partial charge in [-0.05, 0) is 80.7 Å². The maximum atomic E-state index is 13.4. The van der Waals surface area contributed by atoms with E-state index in [0.717, 1.165) is 93.9 Å². The minimum Gasteiger partial charge on any atom is -0.483 e. The summed E-state index contributed by atoms with van der Waals surface area (Å²) >= 11 is 0. The summed E-state index contributed by atoms with van der Waals surface area (Å²) in [5.41, 5.74) is 7.44. The van der Waals surface area contributed by atoms with Crippen LogP contribution in [-0.4, -0.2) is 93.0 Å². The molecule has 14 heteroatoms. The number of carbonyl (C=O) groups is 3. The van der Waals surface area contributed by atoms with Crippen molar-refractivity contribution in [1.82, 2.24) is 45.4 Å². The predicted octanol–water partition coefficient (Wildman–Crippen LogP) is 6.51. The Hall–Kier alpha value is -6.05. The van der Waals surface area contributed by atoms with E-state index < -0.39 is 11.6 Å². The molecule has 0 spiro atoms. The Morgan fingerprint density at radius 1 is 0.911 bits per heavy atom. The molecule has 294 valence electrons. The summed E-state index contributed by atoms with van der Waals surface area (Å²) in [6, 6.07) is 12.5. The Balaban J connectivity index is 1.11. The third-order valence-electron chi connectivity index (χ3n) is 11.4. The van der Waals surface area contributed by atoms with Crippen LogP contribution in [0.2, 0.25) is 0 Å². The summed E-state index contributed by atoms with van der Waals surface area (Å²) in [6.45, 7) is 11.3. The smallest absolute Gasteiger partial charge is 0.407 e. The molecule has 2 fully saturated rings. The molecule has 2 aliphatic rings. The SMILES string of the molecule is C=C(NCC(=O)N1CCCC[C@]1(C)c1ncc(-c2ccc(-c3ccc(-c4cnc(C5CC[C@H](C)CN5C(=O)CNC(=O)OC)[nH]4)cc3)c3c(C)c[nH]c23)[nH]1)OC. The van der Waals surface area contributed by atoms with Gasteiger partial charge in [-0.15, -0.1) is 0 Å². The van der Waals surface area contributed by atoms with E-state index in [4.69, 9.17) is 14.7 Å². The number of rotatable bonds is 11. The van der Waals surface area contributed by atoms with Crippen LogP contribution in [0.15, 0.2) is 67.5 Å². The van der Waals surface area contributed by atoms with Crippen LogP contribution in [0.3, 0.4) is 0 Å². The van der Waals surface area contributed by atoms with Crippen molar-refractivity contribution in [2.24, 2.45) is 5.92 Å². The number of ether oxygens (including phenoxy) is 2. The number of aromatic nitrogens is 5. The molecule has 3 aromatic heterocycles. The second-order valence-electron chi connectivity index (χ2n) is 15.1. The lowest BCUT2D eigenvalue weighted by atomic mass is 9.87. The molecule has 14 nitrogen and oxygen atoms in total. The third kappa shape index (κ3) is 7.47. The first-order valence-corrected chi connectivity index (χ1v) is 19.2. The van der Waals surface area contributed by atoms with Crippen LogP contribution in [0.1, 0.15) is 69.2 Å². The Labute approximate surface area is 326 Å². The molecule has 7 rings (SSSR count). The fourth-order valence-electron chi connectivity index (χ4n) is 8.24. The summed E-state index contributed by atoms with van der Waals surface area (Å²) in [4.78, 5) is 62.0. The lowest BCUT2D eigenvalue weighted by molar-refractivity contribution is -0.139. The van der Waals surface area contributed by atoms with Gasteiger partial charge in [0, 0.05) is 30.2 Å². The van der Waals surface area contributed by atoms with Gasteiger partial charge in [0.1, 0.15) is 18.2 Å². The number of fused-ring (bicyclic) bond motifs is 1. The van der Waals surface area contributed by atoms with Crippen molar-refractivity contribution in [2.45, 2.75) is 64.5 Å². The third-order valence-corrected chi connectivity index (χ3v) is 11.4. The fraction of sp³-hybridized carbons (Fsp3) is 0.405. The Kier molecular flexibility index (Phi) is 10.9. The molecule has 0 bridgehead atoms. The molecule has 5 heterocycles. The van der Waals surface area contributed by atoms with Gasteiger partial charge in [0.05, 0.1) is 61.6 Å². The lowest BCUT2D eigenvalue weighted by Gasteiger charge is -2.43. The van der Waals surface area contributed by atoms with Crippen LogP contribution in [0, 0.1) is 12.8 Å². The first-order chi connectivity index (χ1) is 27.0. The molecule has 1 unspecified atom stereocenters. The molecular weight excluding hydrogens is 711 g/mol. The highest BCUT2D eigenvalue weighted by Gasteiger charge is 2.41. The van der Waals surface area contributed by atoms with Gasteiger partial charge in [-0.3, -0.25) is 9.59 Å². The largest absolute Gasteiger partial charge is 0.483 e. The van der Waals surface area contributed by atoms with E-state index in [1.807, 2.05) is 23.5 Å². The van der Waals surface area contributed by atoms with Crippen molar-refractivity contribution in [2.75, 3.05) is 40.4 Å². The van der Waals surface area contributed by atoms with Gasteiger partial charge in [-0.25, -0.2) is 14.8 Å². The maximum absolute atomic E-state index is 13.4. The topological polar surface area (TPSA) is 173 Å². The molecule has 0 saturated carbocycles. The second kappa shape index (κ2) is 16.0. The Morgan fingerprint density at radius 2 is 1.64 bits per heavy atom. The van der Waals surface area contributed by atoms with Gasteiger partial charge < -0.3 is 44.9 Å². The van der Waals surface area contributed by atoms with Gasteiger partial charge in [0.25, 0.3) is 0 Å². The Bertz CT molecular complexity index is 2240. The van der Waals surface area contributed by atoms with Crippen molar-refractivity contribution in [3.8, 4) is 33.6 Å². The average Bonchev–Trinajstić information content (AvgIpc) is 4.00. The van der Waals surface area contributed by atoms with Crippen LogP contribution >= 0.6 is 0 Å². The fourth-order valence-corrected chi connectivity index (χ4v) is 8.24. The van der Waals surface area contributed by atoms with E-state index in [-0.39, 0.29) is 30.9 Å². The number of carbonyl (C=O) groups excluding carboxylic acids is 3. The maximum Gasteiger partial charge on any atom is 0.407 e. The van der Waals surface area contributed by atoms with Crippen molar-refractivity contribution in [1.29, 1.82) is 0 Å². The van der Waals surface area contributed by atoms with Crippen molar-refractivity contribution in [3.05, 3.63) is 84.7 Å². The first-order valence-electron chi connectivity index (χ1n) is 19.2. The van der Waals surface area contributed by atoms with E-state index in [2.05, 4.69) is 94.1 Å². The molecule has 3 atom stereocenters. The number of benzene rings is 2. The second-order valence-corrected chi connectivity index (χ2v) is 15.1. The summed E-state index contributed by atoms with van der Waals surface area (Å²) in [5, 5.41) is 6.59. The van der Waals surface area contributed by atoms with Crippen LogP contribution in [-0.2, 0) is 24.6 Å². The standard InChI is InChI=1S/C42H51N9O5/c1-25-9-16-34(50(24-25)35(52)22-47-41(54)56-6)39-45-20-32(48-39)29-12-10-28(11-13-29)30-14-15-31(38-37(30)26(2)19-44-38)33-21-46-40(49-33)42(4)17-7-8-18-51(42)36(53)23-43-27(3)55-5/h10-15,19-21,25,34,43-44H,3,7-9,16-18,22-24H2,1-2,4-6H3,(H,45,48)(H,46,49)(H,47,54)/t25-,34?,42+/m0/s1. The molecule has 5 N–H and O–H groups in total. The molecule has 2 aromatic carbocycles. The van der Waals surface area contributed by atoms with Crippen molar-refractivity contribution < 1.29 is 23.9 Å². The van der Waals surface area contributed by atoms with E-state index in [0.29, 0.717) is 24.9 Å². The molecule has 56 heavy (non-hydrogen) atoms. The predicted molar refractivity (Wildman–Crippen MR) is 214 cm³/mol. The molecular formula is C42H51N9O5. The highest BCUT2D eigenvalue weighted by atomic mass is 16.5. The number of likely N-dealkylation sites (tertiary alicyclic amines) is 2. The summed E-state index contributed by atoms with van der Waals surface area (Å²) < 4.78 is 9.74. The highest BCUT2D eigenvalue weighted by Crippen LogP contribution is 2.40. The minimum absolute atomic E-state index is 0.0297. The molecule has 5 aromatic rings. The molecule has 0 aliphatic carbocycles. The average molecular weight is 762 g/mol. The van der Waals surface area contributed by atoms with Crippen molar-refractivity contribution >= 4 is 28.8 Å². The number of amides is 3. The Morgan fingerprint density at radius 3 is 2.41 bits per heavy atom. The quantitative estimate of drug-likeness (QED) is 0.0948. The number of nitrogens with zero attached hydrogens (tertiary/aromatic N) is 4. The van der Waals surface area contributed by atoms with Gasteiger partial charge in [0.15, 0.2) is 5.88 Å². The lowest BCUT2D eigenvalue weighted by Crippen LogP contribution is -2.53. The van der Waals surface area contributed by atoms with Crippen LogP contribution in [0.5, 0.6) is 0 Å². The van der Waals surface area contributed by atoms with Crippen LogP contribution in [0.4, 0.5) is 4.79 Å². The molecule has 2 aliphatic heterocycles. The molecule has 2 saturated heterocycles. The number of alkyl carbamates (subject to hydrolysis) is 1.